The number of unbranched alkanes of at least 4 members (excludes halogenated alkanes) is 3. The summed E-state index contributed by atoms with van der Waals surface area (Å²) in [6, 6.07) is 38.6. The van der Waals surface area contributed by atoms with Crippen LogP contribution in [-0.4, -0.2) is 56.8 Å². The Labute approximate surface area is 362 Å². The Balaban J connectivity index is 1.79. The Morgan fingerprint density at radius 2 is 1.19 bits per heavy atom. The number of benzene rings is 4. The van der Waals surface area contributed by atoms with Crippen molar-refractivity contribution in [3.8, 4) is 5.75 Å². The minimum absolute atomic E-state index is 0.0311. The zero-order valence-corrected chi connectivity index (χ0v) is 41.6. The Hall–Kier alpha value is -3.56. The third-order valence-corrected chi connectivity index (χ3v) is 33.6. The maximum absolute atomic E-state index is 13.8. The van der Waals surface area contributed by atoms with E-state index in [4.69, 9.17) is 14.2 Å². The maximum atomic E-state index is 13.8. The molecule has 0 saturated heterocycles. The average molecular weight is 927 g/mol. The number of amides is 1. The van der Waals surface area contributed by atoms with Crippen LogP contribution in [0.15, 0.2) is 109 Å². The molecule has 0 aliphatic heterocycles. The van der Waals surface area contributed by atoms with E-state index in [1.165, 1.54) is 46.5 Å². The first-order valence-electron chi connectivity index (χ1n) is 22.3. The van der Waals surface area contributed by atoms with Crippen molar-refractivity contribution in [3.05, 3.63) is 120 Å². The summed E-state index contributed by atoms with van der Waals surface area (Å²) in [5, 5.41) is 5.78. The summed E-state index contributed by atoms with van der Waals surface area (Å²) in [5.74, 6) is 0.540. The van der Waals surface area contributed by atoms with Gasteiger partial charge in [0, 0.05) is 0 Å². The molecule has 1 N–H and O–H groups in total. The van der Waals surface area contributed by atoms with E-state index in [0.717, 1.165) is 42.2 Å². The summed E-state index contributed by atoms with van der Waals surface area (Å²) in [4.78, 5) is 27.0. The van der Waals surface area contributed by atoms with Crippen LogP contribution in [-0.2, 0) is 27.3 Å². The van der Waals surface area contributed by atoms with Crippen LogP contribution in [0.1, 0.15) is 112 Å². The fourth-order valence-corrected chi connectivity index (χ4v) is 30.7. The van der Waals surface area contributed by atoms with Crippen molar-refractivity contribution in [2.24, 2.45) is 0 Å². The molecule has 320 valence electrons. The summed E-state index contributed by atoms with van der Waals surface area (Å²) < 4.78 is 23.9. The molecule has 0 fully saturated rings. The fourth-order valence-electron chi connectivity index (χ4n) is 8.73. The molecule has 0 bridgehead atoms. The molecule has 1 atom stereocenters. The van der Waals surface area contributed by atoms with Gasteiger partial charge in [0.1, 0.15) is 0 Å². The van der Waals surface area contributed by atoms with Gasteiger partial charge in [0.15, 0.2) is 0 Å². The van der Waals surface area contributed by atoms with Crippen LogP contribution in [0.4, 0.5) is 4.79 Å². The van der Waals surface area contributed by atoms with Crippen LogP contribution >= 0.6 is 0 Å². The molecule has 0 radical (unpaired) electrons. The van der Waals surface area contributed by atoms with E-state index in [0.29, 0.717) is 13.0 Å². The number of ether oxygens (including phenoxy) is 3. The van der Waals surface area contributed by atoms with Crippen molar-refractivity contribution >= 4 is 52.5 Å². The van der Waals surface area contributed by atoms with E-state index in [-0.39, 0.29) is 11.6 Å². The second kappa shape index (κ2) is 22.9. The number of esters is 1. The van der Waals surface area contributed by atoms with Gasteiger partial charge in [-0.3, -0.25) is 0 Å². The van der Waals surface area contributed by atoms with Gasteiger partial charge in [0.2, 0.25) is 0 Å². The zero-order chi connectivity index (χ0) is 42.9. The first kappa shape index (κ1) is 48.1. The molecule has 4 aromatic carbocycles. The number of hydrogen-bond donors (Lipinski definition) is 1. The second-order valence-corrected chi connectivity index (χ2v) is 36.5. The van der Waals surface area contributed by atoms with Crippen molar-refractivity contribution in [2.75, 3.05) is 6.61 Å². The first-order chi connectivity index (χ1) is 28.2. The minimum atomic E-state index is -3.15. The molecule has 0 aliphatic rings. The number of alkyl carbamates (subject to hydrolysis) is 1. The standard InChI is InChI=1S/C39H46NO5Si.3C4H9.Sn/c1-38(2,3)45-37(42)40-35(36(41)44-29-31-16-10-7-11-17-31)28-30-22-24-32(25-23-30)43-26-27-46(39(4,5)6,33-18-12-8-13-19-33)34-20-14-9-15-21-34;3*1-3-4-2;/h7-24,35H,26-29H2,1-6H3,(H,40,42);3*1,3-4H2,2H3;/t35-;;;;/m0..../s1. The molecule has 4 aromatic rings. The third kappa shape index (κ3) is 13.7. The van der Waals surface area contributed by atoms with Crippen LogP contribution in [0.3, 0.4) is 0 Å². The summed E-state index contributed by atoms with van der Waals surface area (Å²) in [7, 11) is -2.35. The van der Waals surface area contributed by atoms with Crippen molar-refractivity contribution in [1.29, 1.82) is 0 Å². The Morgan fingerprint density at radius 1 is 0.678 bits per heavy atom. The molecule has 0 aromatic heterocycles. The molecule has 0 heterocycles. The zero-order valence-electron chi connectivity index (χ0n) is 37.7. The predicted molar refractivity (Wildman–Crippen MR) is 252 cm³/mol. The summed E-state index contributed by atoms with van der Waals surface area (Å²) >= 11 is -3.15. The van der Waals surface area contributed by atoms with E-state index in [2.05, 4.69) is 126 Å². The molecule has 6 nitrogen and oxygen atoms in total. The monoisotopic (exact) mass is 927 g/mol. The van der Waals surface area contributed by atoms with Crippen molar-refractivity contribution in [2.45, 2.75) is 150 Å². The summed E-state index contributed by atoms with van der Waals surface area (Å²) in [6.45, 7) is 20.4. The quantitative estimate of drug-likeness (QED) is 0.0628. The van der Waals surface area contributed by atoms with Crippen LogP contribution in [0.2, 0.25) is 24.4 Å². The van der Waals surface area contributed by atoms with Gasteiger partial charge in [-0.2, -0.15) is 0 Å². The molecule has 0 saturated carbocycles. The van der Waals surface area contributed by atoms with Gasteiger partial charge >= 0.3 is 364 Å². The molecule has 8 heteroatoms. The molecule has 4 rings (SSSR count). The normalized spacial score (nSPS) is 12.8. The SMILES string of the molecule is CCC[CH2][Sn]([CH2]CCC)([CH2]CCC)[c]1cc(C[C@H](NC(=O)OC(C)(C)C)C(=O)OCc2ccccc2)ccc1OCC[Si](c1ccccc1)(c1ccccc1)C(C)(C)C. The van der Waals surface area contributed by atoms with Crippen molar-refractivity contribution < 1.29 is 23.8 Å². The molecule has 1 amide bonds. The van der Waals surface area contributed by atoms with Crippen molar-refractivity contribution in [3.63, 3.8) is 0 Å². The van der Waals surface area contributed by atoms with Crippen LogP contribution in [0.25, 0.3) is 0 Å². The van der Waals surface area contributed by atoms with E-state index in [1.807, 2.05) is 51.1 Å². The molecular weight excluding hydrogens is 853 g/mol. The van der Waals surface area contributed by atoms with E-state index in [9.17, 15) is 9.59 Å². The average Bonchev–Trinajstić information content (AvgIpc) is 3.21. The Bertz CT molecular complexity index is 1800. The number of rotatable bonds is 22. The van der Waals surface area contributed by atoms with Gasteiger partial charge in [0.05, 0.1) is 0 Å². The predicted octanol–water partition coefficient (Wildman–Crippen LogP) is 11.4. The van der Waals surface area contributed by atoms with E-state index < -0.39 is 50.2 Å². The second-order valence-electron chi connectivity index (χ2n) is 18.4. The summed E-state index contributed by atoms with van der Waals surface area (Å²) in [5.41, 5.74) is 1.18. The van der Waals surface area contributed by atoms with Crippen LogP contribution < -0.4 is 24.0 Å². The Morgan fingerprint density at radius 3 is 1.66 bits per heavy atom. The topological polar surface area (TPSA) is 73.9 Å². The van der Waals surface area contributed by atoms with Gasteiger partial charge in [-0.1, -0.05) is 0 Å². The number of nitrogens with one attached hydrogen (secondary N) is 1. The van der Waals surface area contributed by atoms with Gasteiger partial charge in [-0.15, -0.1) is 0 Å². The van der Waals surface area contributed by atoms with Gasteiger partial charge in [0.25, 0.3) is 0 Å². The first-order valence-corrected chi connectivity index (χ1v) is 31.9. The van der Waals surface area contributed by atoms with Gasteiger partial charge in [-0.25, -0.2) is 0 Å². The van der Waals surface area contributed by atoms with Crippen LogP contribution in [0, 0.1) is 0 Å². The van der Waals surface area contributed by atoms with Crippen molar-refractivity contribution in [1.82, 2.24) is 5.32 Å². The van der Waals surface area contributed by atoms with E-state index in [1.54, 1.807) is 0 Å². The van der Waals surface area contributed by atoms with Crippen LogP contribution in [0.5, 0.6) is 5.75 Å². The van der Waals surface area contributed by atoms with E-state index >= 15 is 0 Å². The molecule has 0 aliphatic carbocycles. The molecule has 0 unspecified atom stereocenters. The summed E-state index contributed by atoms with van der Waals surface area (Å²) in [6.07, 6.45) is 6.78. The molecular formula is C51H73NO5SiSn. The number of carbonyl (C=O) groups is 2. The molecule has 0 spiro atoms. The fraction of sp³-hybridized carbons (Fsp3) is 0.490. The molecule has 59 heavy (non-hydrogen) atoms. The van der Waals surface area contributed by atoms with Gasteiger partial charge in [-0.05, 0) is 0 Å². The Kier molecular flexibility index (Phi) is 18.6. The third-order valence-electron chi connectivity index (χ3n) is 11.8. The number of hydrogen-bond acceptors (Lipinski definition) is 5. The van der Waals surface area contributed by atoms with Gasteiger partial charge < -0.3 is 0 Å². The number of carbonyl (C=O) groups excluding carboxylic acids is 2.